The fourth-order valence-electron chi connectivity index (χ4n) is 12.8. The molecule has 0 bridgehead atoms. The highest BCUT2D eigenvalue weighted by molar-refractivity contribution is 5.92. The second-order valence-electron chi connectivity index (χ2n) is 17.2. The van der Waals surface area contributed by atoms with Crippen molar-refractivity contribution < 1.29 is 24.6 Å². The maximum absolute atomic E-state index is 13.0. The molecular weight excluding hydrogens is 574 g/mol. The molecule has 0 saturated heterocycles. The summed E-state index contributed by atoms with van der Waals surface area (Å²) >= 11 is 0. The van der Waals surface area contributed by atoms with Crippen LogP contribution in [0.3, 0.4) is 0 Å². The number of amides is 1. The van der Waals surface area contributed by atoms with Gasteiger partial charge in [0.15, 0.2) is 0 Å². The lowest BCUT2D eigenvalue weighted by Gasteiger charge is -2.72. The van der Waals surface area contributed by atoms with E-state index in [4.69, 9.17) is 5.11 Å². The molecule has 0 radical (unpaired) electrons. The van der Waals surface area contributed by atoms with E-state index in [0.717, 1.165) is 38.5 Å². The second kappa shape index (κ2) is 11.1. The minimum Gasteiger partial charge on any atom is -0.481 e. The zero-order chi connectivity index (χ0) is 33.4. The standard InChI is InChI=1S/C40H55NO5/c1-24(2)27-16-21-40(35(45)46)23-22-38(6)29(34(27)40)12-13-31-37(5)19-17-28(36(3,4)30(37)18-20-39(31,38)7)25-8-10-26(11-9-25)41-32(42)14-15-33(43)44/h8-11,17,27,29-31,34H,1,12-16,18-23H2,2-7H3,(H,41,42)(H,43,44)(H,45,46). The van der Waals surface area contributed by atoms with Gasteiger partial charge in [0.2, 0.25) is 5.91 Å². The van der Waals surface area contributed by atoms with Gasteiger partial charge in [-0.05, 0) is 139 Å². The number of nitrogens with one attached hydrogen (secondary N) is 1. The Balaban J connectivity index is 1.28. The molecule has 5 aliphatic rings. The Morgan fingerprint density at radius 3 is 2.17 bits per heavy atom. The van der Waals surface area contributed by atoms with Crippen LogP contribution in [0, 0.1) is 56.7 Å². The van der Waals surface area contributed by atoms with Crippen LogP contribution in [0.25, 0.3) is 5.57 Å². The van der Waals surface area contributed by atoms with Crippen LogP contribution in [0.15, 0.2) is 42.5 Å². The Morgan fingerprint density at radius 1 is 0.848 bits per heavy atom. The van der Waals surface area contributed by atoms with Gasteiger partial charge in [-0.1, -0.05) is 65.0 Å². The molecule has 6 nitrogen and oxygen atoms in total. The van der Waals surface area contributed by atoms with E-state index in [1.165, 1.54) is 36.0 Å². The number of carbonyl (C=O) groups excluding carboxylic acids is 1. The maximum Gasteiger partial charge on any atom is 0.309 e. The van der Waals surface area contributed by atoms with Crippen LogP contribution >= 0.6 is 0 Å². The number of benzene rings is 1. The lowest BCUT2D eigenvalue weighted by atomic mass is 9.32. The summed E-state index contributed by atoms with van der Waals surface area (Å²) in [5.41, 5.74) is 4.26. The first-order chi connectivity index (χ1) is 21.5. The first-order valence-electron chi connectivity index (χ1n) is 17.7. The van der Waals surface area contributed by atoms with E-state index >= 15 is 0 Å². The SMILES string of the molecule is C=C(C)C1CCC2(C(=O)O)CCC3(C)C(CCC4C5(C)CC=C(c6ccc(NC(=O)CCC(=O)O)cc6)C(C)(C)C5CCC43C)C12. The molecule has 9 unspecified atom stereocenters. The van der Waals surface area contributed by atoms with E-state index in [1.807, 2.05) is 12.1 Å². The highest BCUT2D eigenvalue weighted by Gasteiger charge is 2.71. The summed E-state index contributed by atoms with van der Waals surface area (Å²) in [7, 11) is 0. The lowest BCUT2D eigenvalue weighted by molar-refractivity contribution is -0.227. The van der Waals surface area contributed by atoms with Crippen LogP contribution < -0.4 is 5.32 Å². The largest absolute Gasteiger partial charge is 0.481 e. The number of allylic oxidation sites excluding steroid dienone is 3. The topological polar surface area (TPSA) is 104 Å². The number of fused-ring (bicyclic) bond motifs is 7. The molecule has 6 rings (SSSR count). The fraction of sp³-hybridized carbons (Fsp3) is 0.675. The van der Waals surface area contributed by atoms with E-state index in [0.29, 0.717) is 29.4 Å². The molecule has 1 aromatic carbocycles. The summed E-state index contributed by atoms with van der Waals surface area (Å²) < 4.78 is 0. The van der Waals surface area contributed by atoms with Crippen molar-refractivity contribution in [1.29, 1.82) is 0 Å². The van der Waals surface area contributed by atoms with Crippen LogP contribution in [0.2, 0.25) is 0 Å². The van der Waals surface area contributed by atoms with Crippen LogP contribution in [0.1, 0.15) is 118 Å². The van der Waals surface area contributed by atoms with E-state index in [2.05, 4.69) is 71.6 Å². The molecule has 9 atom stereocenters. The van der Waals surface area contributed by atoms with Crippen molar-refractivity contribution in [1.82, 2.24) is 0 Å². The molecule has 5 aliphatic carbocycles. The molecule has 250 valence electrons. The van der Waals surface area contributed by atoms with Crippen molar-refractivity contribution >= 4 is 29.1 Å². The van der Waals surface area contributed by atoms with Gasteiger partial charge >= 0.3 is 11.9 Å². The zero-order valence-corrected chi connectivity index (χ0v) is 28.9. The van der Waals surface area contributed by atoms with Crippen molar-refractivity contribution in [2.75, 3.05) is 5.32 Å². The Morgan fingerprint density at radius 2 is 1.54 bits per heavy atom. The van der Waals surface area contributed by atoms with Gasteiger partial charge in [-0.2, -0.15) is 0 Å². The minimum absolute atomic E-state index is 0.0279. The predicted octanol–water partition coefficient (Wildman–Crippen LogP) is 9.23. The molecular formula is C40H55NO5. The third-order valence-corrected chi connectivity index (χ3v) is 15.1. The van der Waals surface area contributed by atoms with Gasteiger partial charge in [-0.15, -0.1) is 0 Å². The molecule has 0 aliphatic heterocycles. The van der Waals surface area contributed by atoms with Gasteiger partial charge in [0.1, 0.15) is 0 Å². The average molecular weight is 630 g/mol. The van der Waals surface area contributed by atoms with Crippen molar-refractivity contribution in [3.05, 3.63) is 48.1 Å². The summed E-state index contributed by atoms with van der Waals surface area (Å²) in [6, 6.07) is 8.05. The summed E-state index contributed by atoms with van der Waals surface area (Å²) in [6.07, 6.45) is 11.6. The van der Waals surface area contributed by atoms with Gasteiger partial charge in [-0.3, -0.25) is 14.4 Å². The quantitative estimate of drug-likeness (QED) is 0.261. The molecule has 6 heteroatoms. The van der Waals surface area contributed by atoms with Gasteiger partial charge in [0, 0.05) is 12.1 Å². The molecule has 0 spiro atoms. The van der Waals surface area contributed by atoms with E-state index in [-0.39, 0.29) is 46.3 Å². The number of aliphatic carboxylic acids is 2. The Labute approximate surface area is 275 Å². The van der Waals surface area contributed by atoms with Gasteiger partial charge in [0.25, 0.3) is 0 Å². The van der Waals surface area contributed by atoms with Crippen LogP contribution in [0.5, 0.6) is 0 Å². The van der Waals surface area contributed by atoms with Crippen LogP contribution in [-0.2, 0) is 14.4 Å². The molecule has 4 saturated carbocycles. The average Bonchev–Trinajstić information content (AvgIpc) is 3.38. The summed E-state index contributed by atoms with van der Waals surface area (Å²) in [5, 5.41) is 22.4. The molecule has 1 aromatic rings. The Bertz CT molecular complexity index is 1470. The van der Waals surface area contributed by atoms with E-state index < -0.39 is 17.4 Å². The van der Waals surface area contributed by atoms with Crippen molar-refractivity contribution in [2.24, 2.45) is 56.7 Å². The fourth-order valence-corrected chi connectivity index (χ4v) is 12.8. The number of hydrogen-bond acceptors (Lipinski definition) is 3. The number of rotatable bonds is 7. The minimum atomic E-state index is -0.974. The smallest absolute Gasteiger partial charge is 0.309 e. The molecule has 3 N–H and O–H groups in total. The number of hydrogen-bond donors (Lipinski definition) is 3. The van der Waals surface area contributed by atoms with Crippen LogP contribution in [0.4, 0.5) is 5.69 Å². The highest BCUT2D eigenvalue weighted by atomic mass is 16.4. The monoisotopic (exact) mass is 629 g/mol. The molecule has 0 heterocycles. The van der Waals surface area contributed by atoms with Gasteiger partial charge in [-0.25, -0.2) is 0 Å². The van der Waals surface area contributed by atoms with Crippen molar-refractivity contribution in [3.63, 3.8) is 0 Å². The van der Waals surface area contributed by atoms with E-state index in [9.17, 15) is 19.5 Å². The number of anilines is 1. The molecule has 46 heavy (non-hydrogen) atoms. The van der Waals surface area contributed by atoms with Crippen molar-refractivity contribution in [3.8, 4) is 0 Å². The molecule has 4 fully saturated rings. The van der Waals surface area contributed by atoms with E-state index in [1.54, 1.807) is 0 Å². The third-order valence-electron chi connectivity index (χ3n) is 15.1. The normalized spacial score (nSPS) is 40.7. The van der Waals surface area contributed by atoms with Gasteiger partial charge < -0.3 is 15.5 Å². The number of carboxylic acid groups (broad SMARTS) is 2. The van der Waals surface area contributed by atoms with Gasteiger partial charge in [0.05, 0.1) is 11.8 Å². The summed E-state index contributed by atoms with van der Waals surface area (Å²) in [4.78, 5) is 36.0. The molecule has 1 amide bonds. The summed E-state index contributed by atoms with van der Waals surface area (Å²) in [5.74, 6) is 0.234. The lowest BCUT2D eigenvalue weighted by Crippen LogP contribution is -2.65. The predicted molar refractivity (Wildman–Crippen MR) is 182 cm³/mol. The third kappa shape index (κ3) is 4.66. The summed E-state index contributed by atoms with van der Waals surface area (Å²) in [6.45, 7) is 19.1. The number of carbonyl (C=O) groups is 3. The highest BCUT2D eigenvalue weighted by Crippen LogP contribution is 2.77. The Kier molecular flexibility index (Phi) is 7.96. The van der Waals surface area contributed by atoms with Crippen LogP contribution in [-0.4, -0.2) is 28.1 Å². The Hall–Kier alpha value is -2.89. The maximum atomic E-state index is 13.0. The first-order valence-corrected chi connectivity index (χ1v) is 17.7. The second-order valence-corrected chi connectivity index (χ2v) is 17.2. The molecule has 0 aromatic heterocycles. The first kappa shape index (κ1) is 33.0. The van der Waals surface area contributed by atoms with Crippen molar-refractivity contribution in [2.45, 2.75) is 112 Å². The number of carboxylic acids is 2. The zero-order valence-electron chi connectivity index (χ0n) is 28.9.